The molecule has 1 N–H and O–H groups in total. The molecule has 2 aromatic rings. The highest BCUT2D eigenvalue weighted by Gasteiger charge is 2.31. The summed E-state index contributed by atoms with van der Waals surface area (Å²) in [4.78, 5) is 0. The number of aliphatic hydroxyl groups is 1. The molecular formula is C14H9BrF4O. The first-order valence-electron chi connectivity index (χ1n) is 5.59. The second kappa shape index (κ2) is 5.54. The van der Waals surface area contributed by atoms with Gasteiger partial charge in [0.25, 0.3) is 0 Å². The van der Waals surface area contributed by atoms with Gasteiger partial charge in [-0.2, -0.15) is 13.2 Å². The lowest BCUT2D eigenvalue weighted by Gasteiger charge is -2.15. The summed E-state index contributed by atoms with van der Waals surface area (Å²) in [5.41, 5.74) is -0.972. The quantitative estimate of drug-likeness (QED) is 0.780. The van der Waals surface area contributed by atoms with Gasteiger partial charge in [-0.25, -0.2) is 4.39 Å². The third kappa shape index (κ3) is 3.19. The monoisotopic (exact) mass is 348 g/mol. The molecule has 0 aliphatic carbocycles. The fourth-order valence-corrected chi connectivity index (χ4v) is 2.12. The fourth-order valence-electron chi connectivity index (χ4n) is 1.79. The van der Waals surface area contributed by atoms with Crippen molar-refractivity contribution in [2.24, 2.45) is 0 Å². The van der Waals surface area contributed by atoms with Gasteiger partial charge in [0.1, 0.15) is 11.9 Å². The van der Waals surface area contributed by atoms with E-state index in [2.05, 4.69) is 15.9 Å². The van der Waals surface area contributed by atoms with Gasteiger partial charge in [-0.15, -0.1) is 0 Å². The van der Waals surface area contributed by atoms with Crippen LogP contribution < -0.4 is 0 Å². The summed E-state index contributed by atoms with van der Waals surface area (Å²) in [6.07, 6.45) is -5.96. The van der Waals surface area contributed by atoms with Crippen molar-refractivity contribution < 1.29 is 22.7 Å². The lowest BCUT2D eigenvalue weighted by Crippen LogP contribution is -2.08. The molecule has 0 heterocycles. The molecule has 0 radical (unpaired) electrons. The van der Waals surface area contributed by atoms with Crippen LogP contribution in [0.15, 0.2) is 46.9 Å². The predicted octanol–water partition coefficient (Wildman–Crippen LogP) is 4.69. The molecule has 0 aliphatic heterocycles. The van der Waals surface area contributed by atoms with Gasteiger partial charge in [0.15, 0.2) is 0 Å². The maximum atomic E-state index is 13.7. The normalized spacial score (nSPS) is 13.3. The second-order valence-corrected chi connectivity index (χ2v) is 5.11. The Bertz CT molecular complexity index is 625. The average molecular weight is 349 g/mol. The Labute approximate surface area is 121 Å². The molecule has 106 valence electrons. The first-order valence-corrected chi connectivity index (χ1v) is 6.38. The molecule has 2 aromatic carbocycles. The van der Waals surface area contributed by atoms with Crippen LogP contribution in [0.4, 0.5) is 17.6 Å². The maximum Gasteiger partial charge on any atom is 0.416 e. The Morgan fingerprint density at radius 3 is 2.35 bits per heavy atom. The average Bonchev–Trinajstić information content (AvgIpc) is 2.37. The lowest BCUT2D eigenvalue weighted by atomic mass is 9.99. The van der Waals surface area contributed by atoms with Crippen molar-refractivity contribution in [2.75, 3.05) is 0 Å². The van der Waals surface area contributed by atoms with E-state index in [1.165, 1.54) is 24.3 Å². The van der Waals surface area contributed by atoms with Gasteiger partial charge >= 0.3 is 6.18 Å². The Balaban J connectivity index is 2.41. The number of alkyl halides is 3. The smallest absolute Gasteiger partial charge is 0.384 e. The van der Waals surface area contributed by atoms with Crippen LogP contribution in [0.3, 0.4) is 0 Å². The van der Waals surface area contributed by atoms with Gasteiger partial charge in [0, 0.05) is 10.0 Å². The van der Waals surface area contributed by atoms with E-state index in [0.717, 1.165) is 18.2 Å². The minimum Gasteiger partial charge on any atom is -0.384 e. The van der Waals surface area contributed by atoms with E-state index in [1.54, 1.807) is 0 Å². The summed E-state index contributed by atoms with van der Waals surface area (Å²) in [6.45, 7) is 0. The molecule has 1 unspecified atom stereocenters. The number of aliphatic hydroxyl groups excluding tert-OH is 1. The Morgan fingerprint density at radius 2 is 1.75 bits per heavy atom. The number of hydrogen-bond donors (Lipinski definition) is 1. The molecule has 1 atom stereocenters. The molecule has 0 bridgehead atoms. The lowest BCUT2D eigenvalue weighted by molar-refractivity contribution is -0.137. The zero-order valence-electron chi connectivity index (χ0n) is 9.96. The van der Waals surface area contributed by atoms with Gasteiger partial charge in [-0.05, 0) is 29.8 Å². The van der Waals surface area contributed by atoms with Crippen LogP contribution in [0.2, 0.25) is 0 Å². The van der Waals surface area contributed by atoms with Gasteiger partial charge < -0.3 is 5.11 Å². The first kappa shape index (κ1) is 15.0. The van der Waals surface area contributed by atoms with E-state index in [1.807, 2.05) is 0 Å². The van der Waals surface area contributed by atoms with Crippen LogP contribution in [0, 0.1) is 5.82 Å². The van der Waals surface area contributed by atoms with Gasteiger partial charge in [-0.1, -0.05) is 34.1 Å². The summed E-state index contributed by atoms with van der Waals surface area (Å²) >= 11 is 3.07. The summed E-state index contributed by atoms with van der Waals surface area (Å²) in [5.74, 6) is -0.690. The van der Waals surface area contributed by atoms with Gasteiger partial charge in [-0.3, -0.25) is 0 Å². The molecule has 20 heavy (non-hydrogen) atoms. The van der Waals surface area contributed by atoms with Gasteiger partial charge in [0.2, 0.25) is 0 Å². The molecule has 1 nitrogen and oxygen atoms in total. The molecule has 2 rings (SSSR count). The van der Waals surface area contributed by atoms with Crippen molar-refractivity contribution in [3.63, 3.8) is 0 Å². The van der Waals surface area contributed by atoms with E-state index in [9.17, 15) is 22.7 Å². The SMILES string of the molecule is OC(c1cccc(C(F)(F)F)c1)c1ccc(Br)cc1F. The molecule has 6 heteroatoms. The van der Waals surface area contributed by atoms with E-state index in [-0.39, 0.29) is 11.1 Å². The van der Waals surface area contributed by atoms with Crippen LogP contribution in [-0.4, -0.2) is 5.11 Å². The van der Waals surface area contributed by atoms with Crippen molar-refractivity contribution in [3.8, 4) is 0 Å². The topological polar surface area (TPSA) is 20.2 Å². The van der Waals surface area contributed by atoms with Crippen molar-refractivity contribution in [1.29, 1.82) is 0 Å². The van der Waals surface area contributed by atoms with E-state index < -0.39 is 23.7 Å². The van der Waals surface area contributed by atoms with Crippen molar-refractivity contribution in [2.45, 2.75) is 12.3 Å². The molecule has 0 aromatic heterocycles. The minimum absolute atomic E-state index is 0.0129. The highest BCUT2D eigenvalue weighted by Crippen LogP contribution is 2.33. The molecule has 0 amide bonds. The predicted molar refractivity (Wildman–Crippen MR) is 69.6 cm³/mol. The Morgan fingerprint density at radius 1 is 1.05 bits per heavy atom. The maximum absolute atomic E-state index is 13.7. The van der Waals surface area contributed by atoms with E-state index in [4.69, 9.17) is 0 Å². The number of rotatable bonds is 2. The molecule has 0 aliphatic rings. The van der Waals surface area contributed by atoms with Crippen LogP contribution >= 0.6 is 15.9 Å². The first-order chi connectivity index (χ1) is 9.29. The summed E-state index contributed by atoms with van der Waals surface area (Å²) in [7, 11) is 0. The highest BCUT2D eigenvalue weighted by atomic mass is 79.9. The highest BCUT2D eigenvalue weighted by molar-refractivity contribution is 9.10. The van der Waals surface area contributed by atoms with Crippen LogP contribution in [-0.2, 0) is 6.18 Å². The summed E-state index contributed by atoms with van der Waals surface area (Å²) < 4.78 is 52.0. The number of benzene rings is 2. The molecule has 0 saturated carbocycles. The van der Waals surface area contributed by atoms with E-state index in [0.29, 0.717) is 4.47 Å². The Kier molecular flexibility index (Phi) is 4.15. The largest absolute Gasteiger partial charge is 0.416 e. The van der Waals surface area contributed by atoms with Crippen LogP contribution in [0.25, 0.3) is 0 Å². The third-order valence-corrected chi connectivity index (χ3v) is 3.28. The zero-order valence-corrected chi connectivity index (χ0v) is 11.5. The fraction of sp³-hybridized carbons (Fsp3) is 0.143. The van der Waals surface area contributed by atoms with Crippen LogP contribution in [0.1, 0.15) is 22.8 Å². The zero-order chi connectivity index (χ0) is 14.9. The van der Waals surface area contributed by atoms with Gasteiger partial charge in [0.05, 0.1) is 5.56 Å². The summed E-state index contributed by atoms with van der Waals surface area (Å²) in [5, 5.41) is 10.0. The molecule has 0 saturated heterocycles. The summed E-state index contributed by atoms with van der Waals surface area (Å²) in [6, 6.07) is 8.19. The minimum atomic E-state index is -4.51. The second-order valence-electron chi connectivity index (χ2n) is 4.19. The van der Waals surface area contributed by atoms with Crippen molar-refractivity contribution in [3.05, 3.63) is 69.4 Å². The van der Waals surface area contributed by atoms with Crippen molar-refractivity contribution >= 4 is 15.9 Å². The standard InChI is InChI=1S/C14H9BrF4O/c15-10-4-5-11(12(16)7-10)13(20)8-2-1-3-9(6-8)14(17,18)19/h1-7,13,20H. The number of hydrogen-bond acceptors (Lipinski definition) is 1. The molecular weight excluding hydrogens is 340 g/mol. The third-order valence-electron chi connectivity index (χ3n) is 2.79. The van der Waals surface area contributed by atoms with E-state index >= 15 is 0 Å². The van der Waals surface area contributed by atoms with Crippen molar-refractivity contribution in [1.82, 2.24) is 0 Å². The molecule has 0 spiro atoms. The molecule has 0 fully saturated rings. The Hall–Kier alpha value is -1.40. The number of halogens is 5. The van der Waals surface area contributed by atoms with Crippen LogP contribution in [0.5, 0.6) is 0 Å².